The number of rotatable bonds is 4. The third kappa shape index (κ3) is 5.16. The van der Waals surface area contributed by atoms with Gasteiger partial charge in [-0.25, -0.2) is 0 Å². The number of hydrogen-bond donors (Lipinski definition) is 2. The van der Waals surface area contributed by atoms with E-state index in [0.717, 1.165) is 30.2 Å². The Balaban J connectivity index is 0.00000220. The molecule has 21 heavy (non-hydrogen) atoms. The van der Waals surface area contributed by atoms with E-state index in [0.29, 0.717) is 18.0 Å². The number of amides is 1. The Morgan fingerprint density at radius 3 is 2.90 bits per heavy atom. The van der Waals surface area contributed by atoms with E-state index in [4.69, 9.17) is 10.5 Å². The molecular formula is C15H22BrClN2O2. The lowest BCUT2D eigenvalue weighted by Gasteiger charge is -2.26. The Morgan fingerprint density at radius 2 is 2.24 bits per heavy atom. The monoisotopic (exact) mass is 376 g/mol. The molecule has 2 atom stereocenters. The fraction of sp³-hybridized carbons (Fsp3) is 0.533. The second kappa shape index (κ2) is 8.61. The van der Waals surface area contributed by atoms with E-state index >= 15 is 0 Å². The van der Waals surface area contributed by atoms with Crippen LogP contribution in [0.1, 0.15) is 32.6 Å². The lowest BCUT2D eigenvalue weighted by atomic mass is 9.85. The molecule has 0 spiro atoms. The third-order valence-electron chi connectivity index (χ3n) is 3.58. The van der Waals surface area contributed by atoms with Crippen LogP contribution in [-0.2, 0) is 4.79 Å². The first-order valence-electron chi connectivity index (χ1n) is 7.09. The van der Waals surface area contributed by atoms with Gasteiger partial charge in [0, 0.05) is 16.4 Å². The average molecular weight is 378 g/mol. The molecule has 1 aromatic carbocycles. The fourth-order valence-electron chi connectivity index (χ4n) is 2.58. The van der Waals surface area contributed by atoms with E-state index in [2.05, 4.69) is 21.2 Å². The van der Waals surface area contributed by atoms with Gasteiger partial charge in [0.1, 0.15) is 5.75 Å². The molecule has 1 saturated carbocycles. The van der Waals surface area contributed by atoms with Crippen LogP contribution in [0.25, 0.3) is 0 Å². The van der Waals surface area contributed by atoms with Crippen molar-refractivity contribution in [2.75, 3.05) is 11.9 Å². The van der Waals surface area contributed by atoms with Crippen molar-refractivity contribution < 1.29 is 9.53 Å². The molecule has 0 aromatic heterocycles. The van der Waals surface area contributed by atoms with Crippen LogP contribution >= 0.6 is 28.3 Å². The van der Waals surface area contributed by atoms with Gasteiger partial charge in [-0.05, 0) is 44.4 Å². The quantitative estimate of drug-likeness (QED) is 0.840. The summed E-state index contributed by atoms with van der Waals surface area (Å²) in [5.41, 5.74) is 6.66. The summed E-state index contributed by atoms with van der Waals surface area (Å²) in [6.07, 6.45) is 3.72. The van der Waals surface area contributed by atoms with Gasteiger partial charge >= 0.3 is 0 Å². The predicted molar refractivity (Wildman–Crippen MR) is 91.1 cm³/mol. The summed E-state index contributed by atoms with van der Waals surface area (Å²) in [6, 6.07) is 5.77. The number of ether oxygens (including phenoxy) is 1. The highest BCUT2D eigenvalue weighted by molar-refractivity contribution is 9.10. The standard InChI is InChI=1S/C15H21BrN2O2.ClH/c1-2-20-14-7-6-11(16)9-13(14)18-15(19)10-4-3-5-12(17)8-10;/h6-7,9-10,12H,2-5,8,17H2,1H3,(H,18,19);1H. The van der Waals surface area contributed by atoms with Gasteiger partial charge in [0.15, 0.2) is 0 Å². The Morgan fingerprint density at radius 1 is 1.48 bits per heavy atom. The van der Waals surface area contributed by atoms with Crippen molar-refractivity contribution >= 4 is 39.9 Å². The van der Waals surface area contributed by atoms with Crippen LogP contribution in [0, 0.1) is 5.92 Å². The van der Waals surface area contributed by atoms with Crippen LogP contribution in [-0.4, -0.2) is 18.6 Å². The van der Waals surface area contributed by atoms with E-state index in [1.807, 2.05) is 25.1 Å². The van der Waals surface area contributed by atoms with E-state index < -0.39 is 0 Å². The number of anilines is 1. The molecule has 1 fully saturated rings. The molecule has 1 amide bonds. The Labute approximate surface area is 140 Å². The molecule has 0 radical (unpaired) electrons. The minimum atomic E-state index is 0. The second-order valence-electron chi connectivity index (χ2n) is 5.19. The Bertz CT molecular complexity index is 485. The minimum Gasteiger partial charge on any atom is -0.492 e. The molecule has 1 aliphatic rings. The van der Waals surface area contributed by atoms with Gasteiger partial charge in [0.2, 0.25) is 5.91 Å². The molecular weight excluding hydrogens is 356 g/mol. The van der Waals surface area contributed by atoms with Gasteiger partial charge < -0.3 is 15.8 Å². The van der Waals surface area contributed by atoms with Crippen molar-refractivity contribution in [3.05, 3.63) is 22.7 Å². The van der Waals surface area contributed by atoms with Crippen LogP contribution in [0.5, 0.6) is 5.75 Å². The number of halogens is 2. The summed E-state index contributed by atoms with van der Waals surface area (Å²) in [4.78, 5) is 12.3. The summed E-state index contributed by atoms with van der Waals surface area (Å²) >= 11 is 3.42. The number of nitrogens with two attached hydrogens (primary N) is 1. The fourth-order valence-corrected chi connectivity index (χ4v) is 2.94. The Kier molecular flexibility index (Phi) is 7.49. The SMILES string of the molecule is CCOc1ccc(Br)cc1NC(=O)C1CCCC(N)C1.Cl. The van der Waals surface area contributed by atoms with Gasteiger partial charge in [-0.15, -0.1) is 12.4 Å². The highest BCUT2D eigenvalue weighted by atomic mass is 79.9. The van der Waals surface area contributed by atoms with E-state index in [1.165, 1.54) is 0 Å². The van der Waals surface area contributed by atoms with Gasteiger partial charge in [-0.1, -0.05) is 22.4 Å². The lowest BCUT2D eigenvalue weighted by Crippen LogP contribution is -2.34. The van der Waals surface area contributed by atoms with Crippen molar-refractivity contribution in [2.24, 2.45) is 11.7 Å². The smallest absolute Gasteiger partial charge is 0.227 e. The predicted octanol–water partition coefficient (Wildman–Crippen LogP) is 3.73. The second-order valence-corrected chi connectivity index (χ2v) is 6.10. The molecule has 3 N–H and O–H groups in total. The number of benzene rings is 1. The normalized spacial score (nSPS) is 21.3. The van der Waals surface area contributed by atoms with Gasteiger partial charge in [-0.2, -0.15) is 0 Å². The molecule has 4 nitrogen and oxygen atoms in total. The van der Waals surface area contributed by atoms with E-state index in [-0.39, 0.29) is 30.3 Å². The molecule has 1 aliphatic carbocycles. The Hall–Kier alpha value is -0.780. The maximum absolute atomic E-state index is 12.3. The minimum absolute atomic E-state index is 0. The summed E-state index contributed by atoms with van der Waals surface area (Å²) in [6.45, 7) is 2.49. The number of carbonyl (C=O) groups is 1. The van der Waals surface area contributed by atoms with Crippen molar-refractivity contribution in [3.63, 3.8) is 0 Å². The molecule has 118 valence electrons. The highest BCUT2D eigenvalue weighted by Gasteiger charge is 2.25. The first kappa shape index (κ1) is 18.3. The lowest BCUT2D eigenvalue weighted by molar-refractivity contribution is -0.120. The molecule has 0 saturated heterocycles. The largest absolute Gasteiger partial charge is 0.492 e. The van der Waals surface area contributed by atoms with Crippen molar-refractivity contribution in [1.29, 1.82) is 0 Å². The topological polar surface area (TPSA) is 64.3 Å². The van der Waals surface area contributed by atoms with Gasteiger partial charge in [0.05, 0.1) is 12.3 Å². The summed E-state index contributed by atoms with van der Waals surface area (Å²) < 4.78 is 6.45. The zero-order valence-corrected chi connectivity index (χ0v) is 14.5. The van der Waals surface area contributed by atoms with Gasteiger partial charge in [0.25, 0.3) is 0 Å². The van der Waals surface area contributed by atoms with Crippen LogP contribution in [0.2, 0.25) is 0 Å². The maximum Gasteiger partial charge on any atom is 0.227 e. The molecule has 0 aliphatic heterocycles. The summed E-state index contributed by atoms with van der Waals surface area (Å²) in [5.74, 6) is 0.746. The zero-order valence-electron chi connectivity index (χ0n) is 12.1. The first-order valence-corrected chi connectivity index (χ1v) is 7.88. The zero-order chi connectivity index (χ0) is 14.5. The molecule has 0 heterocycles. The van der Waals surface area contributed by atoms with E-state index in [1.54, 1.807) is 0 Å². The molecule has 6 heteroatoms. The van der Waals surface area contributed by atoms with Crippen molar-refractivity contribution in [3.8, 4) is 5.75 Å². The molecule has 1 aromatic rings. The summed E-state index contributed by atoms with van der Waals surface area (Å²) in [7, 11) is 0. The third-order valence-corrected chi connectivity index (χ3v) is 4.08. The van der Waals surface area contributed by atoms with Crippen LogP contribution in [0.4, 0.5) is 5.69 Å². The number of hydrogen-bond acceptors (Lipinski definition) is 3. The van der Waals surface area contributed by atoms with E-state index in [9.17, 15) is 4.79 Å². The maximum atomic E-state index is 12.3. The number of nitrogens with one attached hydrogen (secondary N) is 1. The average Bonchev–Trinajstić information content (AvgIpc) is 2.42. The van der Waals surface area contributed by atoms with Crippen LogP contribution in [0.3, 0.4) is 0 Å². The molecule has 2 unspecified atom stereocenters. The molecule has 0 bridgehead atoms. The van der Waals surface area contributed by atoms with Gasteiger partial charge in [-0.3, -0.25) is 4.79 Å². The number of carbonyl (C=O) groups excluding carboxylic acids is 1. The van der Waals surface area contributed by atoms with Crippen molar-refractivity contribution in [2.45, 2.75) is 38.6 Å². The van der Waals surface area contributed by atoms with Crippen LogP contribution in [0.15, 0.2) is 22.7 Å². The summed E-state index contributed by atoms with van der Waals surface area (Å²) in [5, 5.41) is 2.98. The highest BCUT2D eigenvalue weighted by Crippen LogP contribution is 2.30. The van der Waals surface area contributed by atoms with Crippen LogP contribution < -0.4 is 15.8 Å². The van der Waals surface area contributed by atoms with Crippen molar-refractivity contribution in [1.82, 2.24) is 0 Å². The first-order chi connectivity index (χ1) is 9.60. The molecule has 2 rings (SSSR count).